The lowest BCUT2D eigenvalue weighted by Crippen LogP contribution is -2.51. The fourth-order valence-electron chi connectivity index (χ4n) is 6.44. The van der Waals surface area contributed by atoms with Crippen LogP contribution < -0.4 is 26.0 Å². The number of ether oxygens (including phenoxy) is 1. The maximum Gasteiger partial charge on any atom is 0.417 e. The van der Waals surface area contributed by atoms with Gasteiger partial charge >= 0.3 is 12.2 Å². The molecule has 2 aromatic heterocycles. The van der Waals surface area contributed by atoms with Crippen molar-refractivity contribution >= 4 is 49.1 Å². The molecule has 3 aliphatic rings. The lowest BCUT2D eigenvalue weighted by atomic mass is 9.92. The molecule has 0 aliphatic carbocycles. The van der Waals surface area contributed by atoms with Crippen LogP contribution in [-0.4, -0.2) is 54.2 Å². The monoisotopic (exact) mass is 629 g/mol. The Morgan fingerprint density at radius 1 is 1.18 bits per heavy atom. The van der Waals surface area contributed by atoms with E-state index in [1.54, 1.807) is 0 Å². The summed E-state index contributed by atoms with van der Waals surface area (Å²) >= 11 is 0.700. The summed E-state index contributed by atoms with van der Waals surface area (Å²) in [6.07, 6.45) is -3.06. The lowest BCUT2D eigenvalue weighted by molar-refractivity contribution is -0.137. The largest absolute Gasteiger partial charge is 0.463 e. The van der Waals surface area contributed by atoms with Crippen molar-refractivity contribution in [1.82, 2.24) is 20.6 Å². The molecule has 3 aliphatic heterocycles. The number of alkyl halides is 3. The highest BCUT2D eigenvalue weighted by molar-refractivity contribution is 7.23. The number of piperazine rings is 1. The summed E-state index contributed by atoms with van der Waals surface area (Å²) in [7, 11) is 0. The minimum absolute atomic E-state index is 0.0316. The first-order valence-electron chi connectivity index (χ1n) is 13.9. The van der Waals surface area contributed by atoms with Crippen molar-refractivity contribution in [2.24, 2.45) is 5.92 Å². The van der Waals surface area contributed by atoms with Gasteiger partial charge in [0.2, 0.25) is 5.91 Å². The molecule has 3 saturated heterocycles. The molecule has 3 atom stereocenters. The molecule has 9 nitrogen and oxygen atoms in total. The molecule has 2 aromatic carbocycles. The summed E-state index contributed by atoms with van der Waals surface area (Å²) in [6, 6.07) is 4.50. The third kappa shape index (κ3) is 4.72. The number of rotatable bonds is 5. The number of nitrogens with zero attached hydrogens (tertiary/aromatic N) is 4. The van der Waals surface area contributed by atoms with Gasteiger partial charge in [0.1, 0.15) is 28.2 Å². The van der Waals surface area contributed by atoms with Gasteiger partial charge in [-0.15, -0.1) is 11.3 Å². The van der Waals surface area contributed by atoms with E-state index in [0.29, 0.717) is 31.0 Å². The van der Waals surface area contributed by atoms with E-state index in [1.807, 2.05) is 11.0 Å². The summed E-state index contributed by atoms with van der Waals surface area (Å²) < 4.78 is 81.5. The van der Waals surface area contributed by atoms with E-state index in [2.05, 4.69) is 20.6 Å². The zero-order valence-corrected chi connectivity index (χ0v) is 23.7. The molecule has 228 valence electrons. The van der Waals surface area contributed by atoms with Crippen LogP contribution in [0.15, 0.2) is 18.2 Å². The Morgan fingerprint density at radius 2 is 1.93 bits per heavy atom. The van der Waals surface area contributed by atoms with Crippen molar-refractivity contribution < 1.29 is 31.5 Å². The highest BCUT2D eigenvalue weighted by Gasteiger charge is 2.40. The van der Waals surface area contributed by atoms with Gasteiger partial charge in [0, 0.05) is 60.4 Å². The number of halogens is 5. The van der Waals surface area contributed by atoms with Gasteiger partial charge in [-0.2, -0.15) is 28.4 Å². The van der Waals surface area contributed by atoms with Crippen molar-refractivity contribution in [2.75, 3.05) is 36.9 Å². The molecule has 3 unspecified atom stereocenters. The molecule has 5 heterocycles. The molecule has 4 aromatic rings. The quantitative estimate of drug-likeness (QED) is 0.271. The van der Waals surface area contributed by atoms with Gasteiger partial charge in [0.05, 0.1) is 22.4 Å². The molecule has 15 heteroatoms. The predicted molar refractivity (Wildman–Crippen MR) is 153 cm³/mol. The average Bonchev–Trinajstić information content (AvgIpc) is 3.67. The van der Waals surface area contributed by atoms with E-state index < -0.39 is 34.5 Å². The Kier molecular flexibility index (Phi) is 6.74. The van der Waals surface area contributed by atoms with Crippen LogP contribution in [0.5, 0.6) is 6.01 Å². The topological polar surface area (TPSA) is 129 Å². The predicted octanol–water partition coefficient (Wildman–Crippen LogP) is 4.72. The third-order valence-corrected chi connectivity index (χ3v) is 9.45. The molecule has 0 saturated carbocycles. The molecule has 0 spiro atoms. The maximum atomic E-state index is 16.8. The SMILES string of the molecule is N#Cc1c(N)sc2c(F)ccc(-c3c(C(F)(F)F)cc4c(N5CC6CCC(C5)N6)nc(OCC5CNC(=O)C5)nc4c3F)c12. The Bertz CT molecular complexity index is 1880. The minimum atomic E-state index is -5.05. The second kappa shape index (κ2) is 10.4. The van der Waals surface area contributed by atoms with Gasteiger partial charge in [-0.1, -0.05) is 6.07 Å². The van der Waals surface area contributed by atoms with Gasteiger partial charge in [0.15, 0.2) is 5.82 Å². The van der Waals surface area contributed by atoms with Gasteiger partial charge in [0.25, 0.3) is 0 Å². The van der Waals surface area contributed by atoms with Gasteiger partial charge in [-0.25, -0.2) is 8.78 Å². The number of carbonyl (C=O) groups excluding carboxylic acids is 1. The number of thiophene rings is 1. The van der Waals surface area contributed by atoms with Crippen molar-refractivity contribution in [2.45, 2.75) is 37.5 Å². The molecule has 4 N–H and O–H groups in total. The van der Waals surface area contributed by atoms with Crippen LogP contribution in [0.4, 0.5) is 32.8 Å². The number of nitriles is 1. The molecule has 2 bridgehead atoms. The van der Waals surface area contributed by atoms with Gasteiger partial charge in [-0.3, -0.25) is 4.79 Å². The highest BCUT2D eigenvalue weighted by Crippen LogP contribution is 2.48. The van der Waals surface area contributed by atoms with Crippen LogP contribution in [0, 0.1) is 28.9 Å². The number of hydrogen-bond donors (Lipinski definition) is 3. The van der Waals surface area contributed by atoms with Gasteiger partial charge in [-0.05, 0) is 30.5 Å². The van der Waals surface area contributed by atoms with E-state index in [9.17, 15) is 27.6 Å². The Labute approximate surface area is 250 Å². The second-order valence-corrected chi connectivity index (χ2v) is 12.4. The highest BCUT2D eigenvalue weighted by atomic mass is 32.1. The molecule has 44 heavy (non-hydrogen) atoms. The van der Waals surface area contributed by atoms with Crippen LogP contribution in [0.1, 0.15) is 30.4 Å². The molecule has 3 fully saturated rings. The van der Waals surface area contributed by atoms with E-state index in [0.717, 1.165) is 31.0 Å². The zero-order chi connectivity index (χ0) is 30.9. The second-order valence-electron chi connectivity index (χ2n) is 11.3. The molecule has 1 amide bonds. The van der Waals surface area contributed by atoms with E-state index in [-0.39, 0.29) is 80.4 Å². The van der Waals surface area contributed by atoms with Crippen LogP contribution in [-0.2, 0) is 11.0 Å². The first-order valence-corrected chi connectivity index (χ1v) is 14.8. The summed E-state index contributed by atoms with van der Waals surface area (Å²) in [5.74, 6) is -2.34. The first-order chi connectivity index (χ1) is 21.0. The number of aromatic nitrogens is 2. The standard InChI is InChI=1S/C29H24F5N7O2S/c30-19-4-3-15(21-17(7-35)26(36)44-25(19)21)22-18(29(32,33)34)6-16-24(23(22)31)39-28(43-11-12-5-20(42)37-8-12)40-27(16)41-9-13-1-2-14(10-41)38-13/h3-4,6,12-14,38H,1-2,5,8-11,36H2,(H,37,42). The molecule has 7 rings (SSSR count). The van der Waals surface area contributed by atoms with E-state index >= 15 is 4.39 Å². The van der Waals surface area contributed by atoms with Crippen molar-refractivity contribution in [3.63, 3.8) is 0 Å². The number of nitrogen functional groups attached to an aromatic ring is 1. The number of nitrogens with one attached hydrogen (secondary N) is 2. The van der Waals surface area contributed by atoms with E-state index in [4.69, 9.17) is 10.5 Å². The lowest BCUT2D eigenvalue weighted by Gasteiger charge is -2.34. The van der Waals surface area contributed by atoms with Crippen LogP contribution >= 0.6 is 11.3 Å². The summed E-state index contributed by atoms with van der Waals surface area (Å²) in [6.45, 7) is 1.28. The smallest absolute Gasteiger partial charge is 0.417 e. The van der Waals surface area contributed by atoms with Gasteiger partial charge < -0.3 is 26.0 Å². The number of hydrogen-bond acceptors (Lipinski definition) is 9. The van der Waals surface area contributed by atoms with Crippen LogP contribution in [0.25, 0.3) is 32.1 Å². The molecular weight excluding hydrogens is 605 g/mol. The molecular formula is C29H24F5N7O2S. The van der Waals surface area contributed by atoms with Crippen molar-refractivity contribution in [1.29, 1.82) is 5.26 Å². The summed E-state index contributed by atoms with van der Waals surface area (Å²) in [4.78, 5) is 22.2. The van der Waals surface area contributed by atoms with E-state index in [1.165, 1.54) is 0 Å². The Hall–Kier alpha value is -4.29. The number of amides is 1. The Morgan fingerprint density at radius 3 is 2.59 bits per heavy atom. The number of anilines is 2. The number of benzene rings is 2. The van der Waals surface area contributed by atoms with Crippen LogP contribution in [0.2, 0.25) is 0 Å². The number of nitrogens with two attached hydrogens (primary N) is 1. The first kappa shape index (κ1) is 28.5. The summed E-state index contributed by atoms with van der Waals surface area (Å²) in [5.41, 5.74) is 2.71. The fraction of sp³-hybridized carbons (Fsp3) is 0.379. The normalized spacial score (nSPS) is 21.7. The number of fused-ring (bicyclic) bond motifs is 4. The molecule has 0 radical (unpaired) electrons. The third-order valence-electron chi connectivity index (χ3n) is 8.42. The Balaban J connectivity index is 1.47. The number of carbonyl (C=O) groups is 1. The fourth-order valence-corrected chi connectivity index (χ4v) is 7.39. The zero-order valence-electron chi connectivity index (χ0n) is 22.9. The maximum absolute atomic E-state index is 16.8. The van der Waals surface area contributed by atoms with Crippen molar-refractivity contribution in [3.05, 3.63) is 41.0 Å². The van der Waals surface area contributed by atoms with Crippen LogP contribution in [0.3, 0.4) is 0 Å². The average molecular weight is 630 g/mol. The van der Waals surface area contributed by atoms with Crippen molar-refractivity contribution in [3.8, 4) is 23.2 Å². The minimum Gasteiger partial charge on any atom is -0.463 e. The summed E-state index contributed by atoms with van der Waals surface area (Å²) in [5, 5.41) is 15.4.